The SMILES string of the molecule is CC12CCC3CNC(Cc4ccc(O)cc41)C2C3. The van der Waals surface area contributed by atoms with E-state index in [-0.39, 0.29) is 5.41 Å². The molecule has 4 atom stereocenters. The van der Waals surface area contributed by atoms with Crippen LogP contribution in [0.1, 0.15) is 37.3 Å². The van der Waals surface area contributed by atoms with Gasteiger partial charge < -0.3 is 10.4 Å². The molecular formula is C16H21NO. The number of phenolic OH excluding ortho intramolecular Hbond substituents is 1. The molecule has 2 N–H and O–H groups in total. The van der Waals surface area contributed by atoms with Gasteiger partial charge in [-0.2, -0.15) is 0 Å². The van der Waals surface area contributed by atoms with Gasteiger partial charge >= 0.3 is 0 Å². The normalized spacial score (nSPS) is 41.3. The van der Waals surface area contributed by atoms with Crippen molar-refractivity contribution in [3.05, 3.63) is 29.3 Å². The van der Waals surface area contributed by atoms with Gasteiger partial charge in [-0.15, -0.1) is 0 Å². The molecule has 0 amide bonds. The van der Waals surface area contributed by atoms with Crippen molar-refractivity contribution in [1.82, 2.24) is 5.32 Å². The highest BCUT2D eigenvalue weighted by atomic mass is 16.3. The number of phenols is 1. The van der Waals surface area contributed by atoms with E-state index in [1.54, 1.807) is 0 Å². The molecule has 2 fully saturated rings. The number of hydrogen-bond donors (Lipinski definition) is 2. The third-order valence-corrected chi connectivity index (χ3v) is 5.78. The molecule has 1 aromatic rings. The molecule has 18 heavy (non-hydrogen) atoms. The second kappa shape index (κ2) is 3.51. The molecule has 4 rings (SSSR count). The Labute approximate surface area is 108 Å². The van der Waals surface area contributed by atoms with Crippen LogP contribution in [-0.4, -0.2) is 17.7 Å². The lowest BCUT2D eigenvalue weighted by atomic mass is 9.53. The molecule has 2 bridgehead atoms. The highest BCUT2D eigenvalue weighted by molar-refractivity contribution is 5.44. The number of fused-ring (bicyclic) bond motifs is 3. The van der Waals surface area contributed by atoms with E-state index < -0.39 is 0 Å². The van der Waals surface area contributed by atoms with Gasteiger partial charge in [-0.05, 0) is 72.7 Å². The molecule has 1 aromatic carbocycles. The van der Waals surface area contributed by atoms with E-state index in [1.807, 2.05) is 12.1 Å². The van der Waals surface area contributed by atoms with Crippen LogP contribution in [0.5, 0.6) is 5.75 Å². The lowest BCUT2D eigenvalue weighted by Gasteiger charge is -2.55. The van der Waals surface area contributed by atoms with Gasteiger partial charge in [0.1, 0.15) is 5.75 Å². The van der Waals surface area contributed by atoms with Gasteiger partial charge in [0, 0.05) is 6.04 Å². The van der Waals surface area contributed by atoms with Gasteiger partial charge in [0.2, 0.25) is 0 Å². The third-order valence-electron chi connectivity index (χ3n) is 5.78. The number of rotatable bonds is 0. The minimum atomic E-state index is 0.279. The van der Waals surface area contributed by atoms with Crippen LogP contribution in [0.2, 0.25) is 0 Å². The Morgan fingerprint density at radius 2 is 2.28 bits per heavy atom. The van der Waals surface area contributed by atoms with E-state index in [0.29, 0.717) is 11.8 Å². The molecule has 1 heterocycles. The quantitative estimate of drug-likeness (QED) is 0.734. The predicted molar refractivity (Wildman–Crippen MR) is 71.8 cm³/mol. The summed E-state index contributed by atoms with van der Waals surface area (Å²) < 4.78 is 0. The van der Waals surface area contributed by atoms with Gasteiger partial charge in [-0.3, -0.25) is 0 Å². The van der Waals surface area contributed by atoms with Gasteiger partial charge in [-0.25, -0.2) is 0 Å². The highest BCUT2D eigenvalue weighted by Crippen LogP contribution is 2.53. The van der Waals surface area contributed by atoms with Crippen molar-refractivity contribution in [2.45, 2.75) is 44.1 Å². The maximum absolute atomic E-state index is 9.81. The number of nitrogens with one attached hydrogen (secondary N) is 1. The van der Waals surface area contributed by atoms with E-state index in [9.17, 15) is 5.11 Å². The van der Waals surface area contributed by atoms with E-state index in [4.69, 9.17) is 0 Å². The fourth-order valence-corrected chi connectivity index (χ4v) is 4.74. The second-order valence-electron chi connectivity index (χ2n) is 6.72. The van der Waals surface area contributed by atoms with Gasteiger partial charge in [0.15, 0.2) is 0 Å². The van der Waals surface area contributed by atoms with Crippen LogP contribution < -0.4 is 5.32 Å². The molecule has 96 valence electrons. The van der Waals surface area contributed by atoms with Crippen LogP contribution in [0.3, 0.4) is 0 Å². The molecule has 2 heteroatoms. The maximum atomic E-state index is 9.81. The summed E-state index contributed by atoms with van der Waals surface area (Å²) in [7, 11) is 0. The minimum Gasteiger partial charge on any atom is -0.508 e. The van der Waals surface area contributed by atoms with Crippen LogP contribution in [-0.2, 0) is 11.8 Å². The summed E-state index contributed by atoms with van der Waals surface area (Å²) in [6, 6.07) is 6.66. The first kappa shape index (κ1) is 10.9. The maximum Gasteiger partial charge on any atom is 0.115 e. The van der Waals surface area contributed by atoms with Crippen LogP contribution in [0, 0.1) is 11.8 Å². The number of piperidine rings is 1. The summed E-state index contributed by atoms with van der Waals surface area (Å²) in [6.07, 6.45) is 5.14. The first-order valence-electron chi connectivity index (χ1n) is 7.22. The summed E-state index contributed by atoms with van der Waals surface area (Å²) >= 11 is 0. The molecule has 1 saturated carbocycles. The van der Waals surface area contributed by atoms with Crippen molar-refractivity contribution in [2.24, 2.45) is 11.8 Å². The topological polar surface area (TPSA) is 32.3 Å². The Bertz CT molecular complexity index is 498. The zero-order valence-corrected chi connectivity index (χ0v) is 10.9. The molecule has 4 unspecified atom stereocenters. The monoisotopic (exact) mass is 243 g/mol. The molecule has 3 aliphatic rings. The van der Waals surface area contributed by atoms with E-state index in [0.717, 1.165) is 18.3 Å². The first-order valence-corrected chi connectivity index (χ1v) is 7.22. The van der Waals surface area contributed by atoms with Crippen LogP contribution >= 0.6 is 0 Å². The lowest BCUT2D eigenvalue weighted by molar-refractivity contribution is 0.0626. The van der Waals surface area contributed by atoms with Crippen molar-refractivity contribution in [2.75, 3.05) is 6.54 Å². The molecular weight excluding hydrogens is 222 g/mol. The van der Waals surface area contributed by atoms with Gasteiger partial charge in [0.25, 0.3) is 0 Å². The van der Waals surface area contributed by atoms with Crippen molar-refractivity contribution in [1.29, 1.82) is 0 Å². The molecule has 2 aliphatic carbocycles. The molecule has 0 aromatic heterocycles. The van der Waals surface area contributed by atoms with E-state index in [2.05, 4.69) is 18.3 Å². The third kappa shape index (κ3) is 1.33. The standard InChI is InChI=1S/C16H21NO/c1-16-5-4-10-6-14(16)15(17-9-10)7-11-2-3-12(18)8-13(11)16/h2-3,8,10,14-15,17-18H,4-7,9H2,1H3. The van der Waals surface area contributed by atoms with Gasteiger partial charge in [-0.1, -0.05) is 13.0 Å². The number of benzene rings is 1. The molecule has 0 radical (unpaired) electrons. The van der Waals surface area contributed by atoms with Crippen LogP contribution in [0.15, 0.2) is 18.2 Å². The summed E-state index contributed by atoms with van der Waals surface area (Å²) in [6.45, 7) is 3.63. The Hall–Kier alpha value is -1.02. The number of hydrogen-bond acceptors (Lipinski definition) is 2. The fourth-order valence-electron chi connectivity index (χ4n) is 4.74. The minimum absolute atomic E-state index is 0.279. The Morgan fingerprint density at radius 3 is 3.17 bits per heavy atom. The molecule has 0 spiro atoms. The largest absolute Gasteiger partial charge is 0.508 e. The van der Waals surface area contributed by atoms with Crippen molar-refractivity contribution in [3.8, 4) is 5.75 Å². The summed E-state index contributed by atoms with van der Waals surface area (Å²) in [5, 5.41) is 13.6. The van der Waals surface area contributed by atoms with Crippen LogP contribution in [0.25, 0.3) is 0 Å². The summed E-state index contributed by atoms with van der Waals surface area (Å²) in [5.41, 5.74) is 3.15. The summed E-state index contributed by atoms with van der Waals surface area (Å²) in [4.78, 5) is 0. The van der Waals surface area contributed by atoms with E-state index >= 15 is 0 Å². The van der Waals surface area contributed by atoms with Crippen molar-refractivity contribution >= 4 is 0 Å². The average molecular weight is 243 g/mol. The first-order chi connectivity index (χ1) is 8.67. The zero-order chi connectivity index (χ0) is 12.3. The molecule has 1 saturated heterocycles. The van der Waals surface area contributed by atoms with E-state index in [1.165, 1.54) is 36.9 Å². The average Bonchev–Trinajstić information content (AvgIpc) is 2.38. The number of aromatic hydroxyl groups is 1. The molecule has 1 aliphatic heterocycles. The Kier molecular flexibility index (Phi) is 2.12. The van der Waals surface area contributed by atoms with Gasteiger partial charge in [0.05, 0.1) is 0 Å². The Morgan fingerprint density at radius 1 is 1.39 bits per heavy atom. The fraction of sp³-hybridized carbons (Fsp3) is 0.625. The smallest absolute Gasteiger partial charge is 0.115 e. The van der Waals surface area contributed by atoms with Crippen molar-refractivity contribution < 1.29 is 5.11 Å². The lowest BCUT2D eigenvalue weighted by Crippen LogP contribution is -2.59. The Balaban J connectivity index is 1.88. The van der Waals surface area contributed by atoms with Crippen molar-refractivity contribution in [3.63, 3.8) is 0 Å². The summed E-state index contributed by atoms with van der Waals surface area (Å²) in [5.74, 6) is 2.08. The van der Waals surface area contributed by atoms with Crippen LogP contribution in [0.4, 0.5) is 0 Å². The molecule has 2 nitrogen and oxygen atoms in total. The highest BCUT2D eigenvalue weighted by Gasteiger charge is 2.50. The zero-order valence-electron chi connectivity index (χ0n) is 10.9. The predicted octanol–water partition coefficient (Wildman–Crippen LogP) is 2.59. The second-order valence-corrected chi connectivity index (χ2v) is 6.72.